The van der Waals surface area contributed by atoms with E-state index < -0.39 is 10.0 Å². The van der Waals surface area contributed by atoms with E-state index in [9.17, 15) is 8.42 Å². The van der Waals surface area contributed by atoms with E-state index in [0.29, 0.717) is 18.0 Å². The van der Waals surface area contributed by atoms with Crippen molar-refractivity contribution >= 4 is 26.5 Å². The topological polar surface area (TPSA) is 56.8 Å². The molecule has 30 heavy (non-hydrogen) atoms. The minimum absolute atomic E-state index is 0.422. The first-order valence-corrected chi connectivity index (χ1v) is 11.8. The molecule has 3 heterocycles. The van der Waals surface area contributed by atoms with Gasteiger partial charge in [0.2, 0.25) is 10.0 Å². The van der Waals surface area contributed by atoms with Gasteiger partial charge in [-0.15, -0.1) is 0 Å². The summed E-state index contributed by atoms with van der Waals surface area (Å²) in [7, 11) is -1.40. The molecule has 0 aliphatic carbocycles. The van der Waals surface area contributed by atoms with Gasteiger partial charge in [-0.25, -0.2) is 8.42 Å². The zero-order valence-corrected chi connectivity index (χ0v) is 18.0. The molecule has 6 nitrogen and oxygen atoms in total. The predicted octanol–water partition coefficient (Wildman–Crippen LogP) is 2.73. The van der Waals surface area contributed by atoms with Gasteiger partial charge < -0.3 is 9.80 Å². The van der Waals surface area contributed by atoms with Gasteiger partial charge in [0.15, 0.2) is 0 Å². The number of benzene rings is 2. The summed E-state index contributed by atoms with van der Waals surface area (Å²) < 4.78 is 27.8. The quantitative estimate of drug-likeness (QED) is 0.647. The van der Waals surface area contributed by atoms with Gasteiger partial charge in [-0.05, 0) is 60.3 Å². The van der Waals surface area contributed by atoms with Crippen molar-refractivity contribution in [2.45, 2.75) is 17.9 Å². The number of hydrogen-bond acceptors (Lipinski definition) is 5. The molecule has 1 fully saturated rings. The molecule has 2 aliphatic heterocycles. The van der Waals surface area contributed by atoms with Crippen LogP contribution >= 0.6 is 0 Å². The zero-order chi connectivity index (χ0) is 20.7. The normalized spacial score (nSPS) is 18.1. The first-order chi connectivity index (χ1) is 14.5. The Kier molecular flexibility index (Phi) is 4.97. The molecule has 2 aromatic carbocycles. The van der Waals surface area contributed by atoms with E-state index >= 15 is 0 Å². The number of likely N-dealkylation sites (N-methyl/N-ethyl adjacent to an activating group) is 1. The zero-order valence-electron chi connectivity index (χ0n) is 17.2. The molecule has 0 spiro atoms. The van der Waals surface area contributed by atoms with Gasteiger partial charge in [-0.1, -0.05) is 12.1 Å². The van der Waals surface area contributed by atoms with Crippen LogP contribution in [0.2, 0.25) is 0 Å². The predicted molar refractivity (Wildman–Crippen MR) is 119 cm³/mol. The highest BCUT2D eigenvalue weighted by Gasteiger charge is 2.29. The van der Waals surface area contributed by atoms with Crippen LogP contribution in [0.25, 0.3) is 10.8 Å². The third kappa shape index (κ3) is 3.57. The third-order valence-electron chi connectivity index (χ3n) is 6.22. The SMILES string of the molecule is CN1CCN(S(=O)(=O)c2ccc3c(c2)CCN3Cc2ccc3cnccc3c2)CC1. The van der Waals surface area contributed by atoms with Crippen LogP contribution in [0.15, 0.2) is 59.8 Å². The molecule has 3 aromatic rings. The van der Waals surface area contributed by atoms with Gasteiger partial charge in [0.05, 0.1) is 4.90 Å². The Bertz CT molecular complexity index is 1190. The van der Waals surface area contributed by atoms with Crippen molar-refractivity contribution in [3.8, 4) is 0 Å². The lowest BCUT2D eigenvalue weighted by atomic mass is 10.1. The van der Waals surface area contributed by atoms with Crippen LogP contribution in [-0.4, -0.2) is 62.4 Å². The number of rotatable bonds is 4. The summed E-state index contributed by atoms with van der Waals surface area (Å²) in [6.45, 7) is 4.39. The van der Waals surface area contributed by atoms with E-state index in [0.717, 1.165) is 49.2 Å². The minimum atomic E-state index is -3.43. The van der Waals surface area contributed by atoms with E-state index in [-0.39, 0.29) is 0 Å². The van der Waals surface area contributed by atoms with Crippen LogP contribution in [0, 0.1) is 0 Å². The highest BCUT2D eigenvalue weighted by molar-refractivity contribution is 7.89. The molecule has 0 N–H and O–H groups in total. The first kappa shape index (κ1) is 19.5. The standard InChI is InChI=1S/C23H26N4O2S/c1-25-10-12-27(13-11-25)30(28,29)22-4-5-23-20(15-22)7-9-26(23)17-18-2-3-21-16-24-8-6-19(21)14-18/h2-6,8,14-16H,7,9-13,17H2,1H3. The van der Waals surface area contributed by atoms with Crippen LogP contribution in [0.1, 0.15) is 11.1 Å². The Balaban J connectivity index is 1.37. The molecule has 5 rings (SSSR count). The molecule has 0 atom stereocenters. The third-order valence-corrected chi connectivity index (χ3v) is 8.12. The minimum Gasteiger partial charge on any atom is -0.367 e. The van der Waals surface area contributed by atoms with E-state index in [2.05, 4.69) is 33.0 Å². The number of anilines is 1. The summed E-state index contributed by atoms with van der Waals surface area (Å²) in [6.07, 6.45) is 4.57. The smallest absolute Gasteiger partial charge is 0.243 e. The largest absolute Gasteiger partial charge is 0.367 e. The molecule has 0 saturated carbocycles. The number of piperazine rings is 1. The molecule has 1 saturated heterocycles. The molecule has 0 amide bonds. The van der Waals surface area contributed by atoms with Crippen molar-refractivity contribution in [1.29, 1.82) is 0 Å². The van der Waals surface area contributed by atoms with Crippen LogP contribution in [-0.2, 0) is 23.0 Å². The van der Waals surface area contributed by atoms with Gasteiger partial charge in [-0.3, -0.25) is 4.98 Å². The summed E-state index contributed by atoms with van der Waals surface area (Å²) in [5, 5.41) is 2.33. The van der Waals surface area contributed by atoms with E-state index in [1.807, 2.05) is 37.6 Å². The Morgan fingerprint density at radius 1 is 0.933 bits per heavy atom. The first-order valence-electron chi connectivity index (χ1n) is 10.4. The highest BCUT2D eigenvalue weighted by Crippen LogP contribution is 2.32. The second kappa shape index (κ2) is 7.65. The van der Waals surface area contributed by atoms with Crippen LogP contribution in [0.4, 0.5) is 5.69 Å². The van der Waals surface area contributed by atoms with Gasteiger partial charge in [0, 0.05) is 62.7 Å². The second-order valence-electron chi connectivity index (χ2n) is 8.23. The summed E-state index contributed by atoms with van der Waals surface area (Å²) in [5.41, 5.74) is 3.51. The van der Waals surface area contributed by atoms with Crippen molar-refractivity contribution < 1.29 is 8.42 Å². The Hall–Kier alpha value is -2.48. The number of pyridine rings is 1. The average molecular weight is 423 g/mol. The van der Waals surface area contributed by atoms with Crippen molar-refractivity contribution in [1.82, 2.24) is 14.2 Å². The van der Waals surface area contributed by atoms with Crippen LogP contribution in [0.5, 0.6) is 0 Å². The van der Waals surface area contributed by atoms with Crippen molar-refractivity contribution in [3.05, 3.63) is 66.0 Å². The number of sulfonamides is 1. The number of nitrogens with zero attached hydrogens (tertiary/aromatic N) is 4. The van der Waals surface area contributed by atoms with Gasteiger partial charge in [0.25, 0.3) is 0 Å². The molecule has 1 aromatic heterocycles. The molecule has 156 valence electrons. The maximum absolute atomic E-state index is 13.1. The molecule has 2 aliphatic rings. The van der Waals surface area contributed by atoms with E-state index in [1.54, 1.807) is 10.4 Å². The highest BCUT2D eigenvalue weighted by atomic mass is 32.2. The van der Waals surface area contributed by atoms with Crippen LogP contribution < -0.4 is 4.90 Å². The number of aromatic nitrogens is 1. The number of fused-ring (bicyclic) bond motifs is 2. The van der Waals surface area contributed by atoms with Crippen molar-refractivity contribution in [2.75, 3.05) is 44.7 Å². The summed E-state index contributed by atoms with van der Waals surface area (Å²) in [4.78, 5) is 9.10. The monoisotopic (exact) mass is 422 g/mol. The Morgan fingerprint density at radius 2 is 1.77 bits per heavy atom. The van der Waals surface area contributed by atoms with E-state index in [1.165, 1.54) is 10.9 Å². The molecular weight excluding hydrogens is 396 g/mol. The lowest BCUT2D eigenvalue weighted by Gasteiger charge is -2.31. The maximum Gasteiger partial charge on any atom is 0.243 e. The van der Waals surface area contributed by atoms with Gasteiger partial charge in [-0.2, -0.15) is 4.31 Å². The molecular formula is C23H26N4O2S. The Morgan fingerprint density at radius 3 is 2.60 bits per heavy atom. The van der Waals surface area contributed by atoms with Gasteiger partial charge in [0.1, 0.15) is 0 Å². The van der Waals surface area contributed by atoms with Crippen LogP contribution in [0.3, 0.4) is 0 Å². The molecule has 0 radical (unpaired) electrons. The lowest BCUT2D eigenvalue weighted by molar-refractivity contribution is 0.222. The van der Waals surface area contributed by atoms with Crippen molar-refractivity contribution in [3.63, 3.8) is 0 Å². The molecule has 0 unspecified atom stereocenters. The summed E-state index contributed by atoms with van der Waals surface area (Å²) in [5.74, 6) is 0. The Labute approximate surface area is 177 Å². The fourth-order valence-electron chi connectivity index (χ4n) is 4.40. The molecule has 7 heteroatoms. The maximum atomic E-state index is 13.1. The average Bonchev–Trinajstić information content (AvgIpc) is 3.16. The van der Waals surface area contributed by atoms with Crippen molar-refractivity contribution in [2.24, 2.45) is 0 Å². The fourth-order valence-corrected chi connectivity index (χ4v) is 5.87. The fraction of sp³-hybridized carbons (Fsp3) is 0.348. The molecule has 0 bridgehead atoms. The number of hydrogen-bond donors (Lipinski definition) is 0. The van der Waals surface area contributed by atoms with Gasteiger partial charge >= 0.3 is 0 Å². The second-order valence-corrected chi connectivity index (χ2v) is 10.2. The lowest BCUT2D eigenvalue weighted by Crippen LogP contribution is -2.47. The van der Waals surface area contributed by atoms with E-state index in [4.69, 9.17) is 0 Å². The summed E-state index contributed by atoms with van der Waals surface area (Å²) >= 11 is 0. The summed E-state index contributed by atoms with van der Waals surface area (Å²) in [6, 6.07) is 14.1.